The molecule has 0 amide bonds. The molecule has 0 spiro atoms. The minimum absolute atomic E-state index is 0.0203. The summed E-state index contributed by atoms with van der Waals surface area (Å²) in [6, 6.07) is 0.0203. The molecule has 0 aliphatic rings. The van der Waals surface area contributed by atoms with E-state index in [0.717, 1.165) is 23.1 Å². The van der Waals surface area contributed by atoms with Crippen molar-refractivity contribution in [3.05, 3.63) is 10.3 Å². The lowest BCUT2D eigenvalue weighted by molar-refractivity contribution is 0.105. The number of halogens is 1. The topological polar surface area (TPSA) is 78.0 Å². The van der Waals surface area contributed by atoms with Crippen LogP contribution in [0.5, 0.6) is 0 Å². The summed E-state index contributed by atoms with van der Waals surface area (Å²) in [4.78, 5) is 0. The van der Waals surface area contributed by atoms with Gasteiger partial charge in [0.15, 0.2) is 4.60 Å². The van der Waals surface area contributed by atoms with Crippen LogP contribution in [0.1, 0.15) is 31.5 Å². The van der Waals surface area contributed by atoms with Crippen LogP contribution in [0.3, 0.4) is 0 Å². The maximum absolute atomic E-state index is 5.55. The largest absolute Gasteiger partial charge is 0.382 e. The van der Waals surface area contributed by atoms with Crippen LogP contribution in [0.15, 0.2) is 4.60 Å². The van der Waals surface area contributed by atoms with E-state index in [9.17, 15) is 0 Å². The SMILES string of the molecule is COC(C)CCC(NN)c1c(Br)nnn1C. The van der Waals surface area contributed by atoms with Gasteiger partial charge in [-0.25, -0.2) is 4.68 Å². The minimum atomic E-state index is 0.0203. The zero-order valence-corrected chi connectivity index (χ0v) is 11.4. The van der Waals surface area contributed by atoms with Gasteiger partial charge in [-0.15, -0.1) is 5.10 Å². The van der Waals surface area contributed by atoms with Crippen LogP contribution >= 0.6 is 15.9 Å². The van der Waals surface area contributed by atoms with E-state index in [1.165, 1.54) is 0 Å². The van der Waals surface area contributed by atoms with E-state index < -0.39 is 0 Å². The van der Waals surface area contributed by atoms with Crippen LogP contribution in [0.4, 0.5) is 0 Å². The van der Waals surface area contributed by atoms with Gasteiger partial charge in [-0.05, 0) is 35.7 Å². The number of hydrogen-bond acceptors (Lipinski definition) is 5. The Bertz CT molecular complexity index is 310. The molecule has 0 fully saturated rings. The maximum Gasteiger partial charge on any atom is 0.153 e. The number of nitrogens with two attached hydrogens (primary N) is 1. The van der Waals surface area contributed by atoms with E-state index in [1.54, 1.807) is 11.8 Å². The number of hydrogen-bond donors (Lipinski definition) is 2. The third-order valence-corrected chi connectivity index (χ3v) is 3.19. The molecule has 1 aromatic heterocycles. The van der Waals surface area contributed by atoms with Crippen LogP contribution < -0.4 is 11.3 Å². The predicted molar refractivity (Wildman–Crippen MR) is 64.5 cm³/mol. The van der Waals surface area contributed by atoms with E-state index in [2.05, 4.69) is 31.7 Å². The van der Waals surface area contributed by atoms with Crippen LogP contribution in [0, 0.1) is 0 Å². The van der Waals surface area contributed by atoms with E-state index in [1.807, 2.05) is 14.0 Å². The first-order valence-electron chi connectivity index (χ1n) is 5.14. The molecule has 0 aromatic carbocycles. The normalized spacial score (nSPS) is 15.1. The lowest BCUT2D eigenvalue weighted by Gasteiger charge is -2.18. The summed E-state index contributed by atoms with van der Waals surface area (Å²) >= 11 is 3.36. The molecule has 16 heavy (non-hydrogen) atoms. The first-order valence-corrected chi connectivity index (χ1v) is 5.93. The van der Waals surface area contributed by atoms with Crippen LogP contribution in [0.2, 0.25) is 0 Å². The number of aryl methyl sites for hydroxylation is 1. The number of methoxy groups -OCH3 is 1. The number of hydrazine groups is 1. The second-order valence-corrected chi connectivity index (χ2v) is 4.48. The van der Waals surface area contributed by atoms with Crippen molar-refractivity contribution >= 4 is 15.9 Å². The zero-order chi connectivity index (χ0) is 12.1. The lowest BCUT2D eigenvalue weighted by Crippen LogP contribution is -2.30. The predicted octanol–water partition coefficient (Wildman–Crippen LogP) is 0.897. The fraction of sp³-hybridized carbons (Fsp3) is 0.778. The van der Waals surface area contributed by atoms with Crippen molar-refractivity contribution in [2.24, 2.45) is 12.9 Å². The summed E-state index contributed by atoms with van der Waals surface area (Å²) in [6.07, 6.45) is 2.00. The smallest absolute Gasteiger partial charge is 0.153 e. The number of nitrogens with one attached hydrogen (secondary N) is 1. The Kier molecular flexibility index (Phi) is 5.33. The molecule has 7 heteroatoms. The van der Waals surface area contributed by atoms with E-state index in [0.29, 0.717) is 0 Å². The first-order chi connectivity index (χ1) is 7.60. The van der Waals surface area contributed by atoms with Crippen molar-refractivity contribution in [2.45, 2.75) is 31.9 Å². The van der Waals surface area contributed by atoms with Crippen LogP contribution in [-0.4, -0.2) is 28.2 Å². The van der Waals surface area contributed by atoms with E-state index in [-0.39, 0.29) is 12.1 Å². The zero-order valence-electron chi connectivity index (χ0n) is 9.77. The fourth-order valence-electron chi connectivity index (χ4n) is 1.53. The van der Waals surface area contributed by atoms with Crippen molar-refractivity contribution in [3.63, 3.8) is 0 Å². The second kappa shape index (κ2) is 6.29. The minimum Gasteiger partial charge on any atom is -0.382 e. The summed E-state index contributed by atoms with van der Waals surface area (Å²) in [7, 11) is 3.55. The van der Waals surface area contributed by atoms with E-state index >= 15 is 0 Å². The summed E-state index contributed by atoms with van der Waals surface area (Å²) in [5.74, 6) is 5.55. The monoisotopic (exact) mass is 291 g/mol. The molecule has 0 bridgehead atoms. The molecule has 0 aliphatic carbocycles. The Balaban J connectivity index is 2.67. The molecule has 1 rings (SSSR count). The van der Waals surface area contributed by atoms with Gasteiger partial charge < -0.3 is 4.74 Å². The first kappa shape index (κ1) is 13.6. The Morgan fingerprint density at radius 3 is 2.69 bits per heavy atom. The number of rotatable bonds is 6. The molecule has 1 heterocycles. The van der Waals surface area contributed by atoms with Gasteiger partial charge in [0.05, 0.1) is 17.8 Å². The molecule has 0 saturated carbocycles. The van der Waals surface area contributed by atoms with Gasteiger partial charge in [-0.3, -0.25) is 11.3 Å². The quantitative estimate of drug-likeness (QED) is 0.601. The van der Waals surface area contributed by atoms with Gasteiger partial charge in [0.2, 0.25) is 0 Å². The maximum atomic E-state index is 5.55. The number of ether oxygens (including phenoxy) is 1. The van der Waals surface area contributed by atoms with Gasteiger partial charge in [0.25, 0.3) is 0 Å². The highest BCUT2D eigenvalue weighted by Crippen LogP contribution is 2.24. The molecule has 92 valence electrons. The van der Waals surface area contributed by atoms with Gasteiger partial charge in [-0.2, -0.15) is 0 Å². The Hall–Kier alpha value is -0.500. The number of nitrogens with zero attached hydrogens (tertiary/aromatic N) is 3. The Labute approximate surface area is 104 Å². The highest BCUT2D eigenvalue weighted by Gasteiger charge is 2.19. The number of aromatic nitrogens is 3. The van der Waals surface area contributed by atoms with Crippen molar-refractivity contribution in [1.29, 1.82) is 0 Å². The lowest BCUT2D eigenvalue weighted by atomic mass is 10.1. The molecule has 2 atom stereocenters. The molecular weight excluding hydrogens is 274 g/mol. The molecule has 0 radical (unpaired) electrons. The molecular formula is C9H18BrN5O. The van der Waals surface area contributed by atoms with Gasteiger partial charge >= 0.3 is 0 Å². The van der Waals surface area contributed by atoms with Gasteiger partial charge in [0, 0.05) is 14.2 Å². The highest BCUT2D eigenvalue weighted by molar-refractivity contribution is 9.10. The molecule has 1 aromatic rings. The van der Waals surface area contributed by atoms with Crippen molar-refractivity contribution < 1.29 is 4.74 Å². The fourth-order valence-corrected chi connectivity index (χ4v) is 2.13. The summed E-state index contributed by atoms with van der Waals surface area (Å²) in [5.41, 5.74) is 3.73. The third kappa shape index (κ3) is 3.24. The summed E-state index contributed by atoms with van der Waals surface area (Å²) in [6.45, 7) is 2.03. The van der Waals surface area contributed by atoms with E-state index in [4.69, 9.17) is 10.6 Å². The molecule has 0 aliphatic heterocycles. The average Bonchev–Trinajstić information content (AvgIpc) is 2.61. The molecule has 3 N–H and O–H groups in total. The van der Waals surface area contributed by atoms with Crippen LogP contribution in [0.25, 0.3) is 0 Å². The molecule has 0 saturated heterocycles. The van der Waals surface area contributed by atoms with Gasteiger partial charge in [0.1, 0.15) is 0 Å². The van der Waals surface area contributed by atoms with Crippen molar-refractivity contribution in [1.82, 2.24) is 20.4 Å². The third-order valence-electron chi connectivity index (χ3n) is 2.62. The molecule has 6 nitrogen and oxygen atoms in total. The van der Waals surface area contributed by atoms with Crippen LogP contribution in [-0.2, 0) is 11.8 Å². The highest BCUT2D eigenvalue weighted by atomic mass is 79.9. The van der Waals surface area contributed by atoms with Gasteiger partial charge in [-0.1, -0.05) is 5.21 Å². The summed E-state index contributed by atoms with van der Waals surface area (Å²) < 4.78 is 7.64. The summed E-state index contributed by atoms with van der Waals surface area (Å²) in [5, 5.41) is 7.86. The average molecular weight is 292 g/mol. The van der Waals surface area contributed by atoms with Crippen molar-refractivity contribution in [2.75, 3.05) is 7.11 Å². The van der Waals surface area contributed by atoms with Crippen molar-refractivity contribution in [3.8, 4) is 0 Å². The second-order valence-electron chi connectivity index (χ2n) is 3.73. The Morgan fingerprint density at radius 2 is 2.25 bits per heavy atom. The Morgan fingerprint density at radius 1 is 1.56 bits per heavy atom. The standard InChI is InChI=1S/C9H18BrN5O/c1-6(16-3)4-5-7(12-11)8-9(10)13-14-15(8)2/h6-7,12H,4-5,11H2,1-3H3. The molecule has 2 unspecified atom stereocenters.